The molecule has 4 N–H and O–H groups in total. The highest BCUT2D eigenvalue weighted by molar-refractivity contribution is 7.92. The van der Waals surface area contributed by atoms with Gasteiger partial charge in [0.15, 0.2) is 0 Å². The molecule has 3 rings (SSSR count). The van der Waals surface area contributed by atoms with E-state index in [0.717, 1.165) is 24.7 Å². The summed E-state index contributed by atoms with van der Waals surface area (Å²) in [5.41, 5.74) is 2.72. The van der Waals surface area contributed by atoms with Gasteiger partial charge >= 0.3 is 0 Å². The zero-order valence-electron chi connectivity index (χ0n) is 19.2. The number of hydrogen-bond acceptors (Lipinski definition) is 8. The second kappa shape index (κ2) is 11.3. The molecule has 2 aromatic carbocycles. The Morgan fingerprint density at radius 1 is 1.15 bits per heavy atom. The highest BCUT2D eigenvalue weighted by atomic mass is 32.2. The van der Waals surface area contributed by atoms with E-state index in [1.807, 2.05) is 12.1 Å². The standard InChI is InChI=1S/C22H31N3O7S2/c1-31-21-10-9-20(19-11-13-34(29,30)25-22(19)21)32-15-18(26)14-23-12-3-4-16-5-7-17(8-6-16)24-33(2,27)28/h5-10,18,23-26H,3-4,11-15H2,1-2H3. The number of nitrogens with one attached hydrogen (secondary N) is 3. The molecule has 0 aromatic heterocycles. The van der Waals surface area contributed by atoms with Crippen LogP contribution in [0.4, 0.5) is 11.4 Å². The smallest absolute Gasteiger partial charge is 0.233 e. The van der Waals surface area contributed by atoms with Crippen LogP contribution in [0.25, 0.3) is 0 Å². The van der Waals surface area contributed by atoms with E-state index in [1.54, 1.807) is 24.3 Å². The van der Waals surface area contributed by atoms with Crippen LogP contribution in [0.2, 0.25) is 0 Å². The third kappa shape index (κ3) is 7.76. The fourth-order valence-corrected chi connectivity index (χ4v) is 5.27. The molecule has 0 fully saturated rings. The molecule has 34 heavy (non-hydrogen) atoms. The molecule has 0 spiro atoms. The van der Waals surface area contributed by atoms with E-state index in [1.165, 1.54) is 7.11 Å². The van der Waals surface area contributed by atoms with Gasteiger partial charge in [-0.15, -0.1) is 0 Å². The monoisotopic (exact) mass is 513 g/mol. The van der Waals surface area contributed by atoms with Gasteiger partial charge in [-0.05, 0) is 55.6 Å². The van der Waals surface area contributed by atoms with Crippen LogP contribution in [0.3, 0.4) is 0 Å². The van der Waals surface area contributed by atoms with Gasteiger partial charge in [0, 0.05) is 17.8 Å². The minimum absolute atomic E-state index is 0.0371. The van der Waals surface area contributed by atoms with Crippen LogP contribution in [0, 0.1) is 0 Å². The molecule has 1 unspecified atom stereocenters. The quantitative estimate of drug-likeness (QED) is 0.311. The molecule has 0 bridgehead atoms. The molecule has 10 nitrogen and oxygen atoms in total. The number of hydrogen-bond donors (Lipinski definition) is 4. The number of ether oxygens (including phenoxy) is 2. The summed E-state index contributed by atoms with van der Waals surface area (Å²) in [7, 11) is -5.21. The van der Waals surface area contributed by atoms with Crippen molar-refractivity contribution >= 4 is 31.4 Å². The second-order valence-electron chi connectivity index (χ2n) is 8.13. The van der Waals surface area contributed by atoms with Crippen LogP contribution in [0.5, 0.6) is 11.5 Å². The van der Waals surface area contributed by atoms with Gasteiger partial charge < -0.3 is 19.9 Å². The first-order valence-corrected chi connectivity index (χ1v) is 14.4. The molecule has 0 aliphatic carbocycles. The normalized spacial score (nSPS) is 15.6. The zero-order valence-corrected chi connectivity index (χ0v) is 20.8. The minimum atomic E-state index is -3.40. The summed E-state index contributed by atoms with van der Waals surface area (Å²) in [5.74, 6) is 0.908. The summed E-state index contributed by atoms with van der Waals surface area (Å²) in [4.78, 5) is 0. The molecule has 1 aliphatic heterocycles. The van der Waals surface area contributed by atoms with Gasteiger partial charge in [0.25, 0.3) is 0 Å². The highest BCUT2D eigenvalue weighted by Gasteiger charge is 2.26. The Bertz CT molecular complexity index is 1180. The van der Waals surface area contributed by atoms with Crippen LogP contribution >= 0.6 is 0 Å². The summed E-state index contributed by atoms with van der Waals surface area (Å²) in [6, 6.07) is 10.6. The van der Waals surface area contributed by atoms with Crippen molar-refractivity contribution < 1.29 is 31.4 Å². The number of benzene rings is 2. The highest BCUT2D eigenvalue weighted by Crippen LogP contribution is 2.39. The van der Waals surface area contributed by atoms with E-state index in [0.29, 0.717) is 47.9 Å². The molecule has 0 saturated carbocycles. The van der Waals surface area contributed by atoms with Gasteiger partial charge in [0.1, 0.15) is 24.2 Å². The van der Waals surface area contributed by atoms with E-state index in [4.69, 9.17) is 9.47 Å². The van der Waals surface area contributed by atoms with Gasteiger partial charge in [-0.1, -0.05) is 12.1 Å². The zero-order chi connectivity index (χ0) is 24.8. The lowest BCUT2D eigenvalue weighted by atomic mass is 10.1. The Balaban J connectivity index is 1.40. The van der Waals surface area contributed by atoms with E-state index in [2.05, 4.69) is 14.8 Å². The van der Waals surface area contributed by atoms with Crippen LogP contribution in [-0.2, 0) is 32.9 Å². The maximum Gasteiger partial charge on any atom is 0.233 e. The van der Waals surface area contributed by atoms with Crippen molar-refractivity contribution in [2.45, 2.75) is 25.4 Å². The molecule has 0 saturated heterocycles. The van der Waals surface area contributed by atoms with Crippen molar-refractivity contribution in [2.75, 3.05) is 48.3 Å². The first kappa shape index (κ1) is 26.1. The second-order valence-corrected chi connectivity index (χ2v) is 11.7. The Labute approximate surface area is 200 Å². The van der Waals surface area contributed by atoms with E-state index < -0.39 is 26.2 Å². The number of rotatable bonds is 12. The predicted molar refractivity (Wildman–Crippen MR) is 132 cm³/mol. The summed E-state index contributed by atoms with van der Waals surface area (Å²) >= 11 is 0. The Kier molecular flexibility index (Phi) is 8.63. The van der Waals surface area contributed by atoms with Gasteiger partial charge in [-0.25, -0.2) is 16.8 Å². The third-order valence-electron chi connectivity index (χ3n) is 5.22. The fourth-order valence-electron chi connectivity index (χ4n) is 3.60. The fraction of sp³-hybridized carbons (Fsp3) is 0.455. The van der Waals surface area contributed by atoms with Crippen molar-refractivity contribution in [1.29, 1.82) is 0 Å². The van der Waals surface area contributed by atoms with Gasteiger partial charge in [0.2, 0.25) is 20.0 Å². The number of aliphatic hydroxyl groups excluding tert-OH is 1. The SMILES string of the molecule is COc1ccc(OCC(O)CNCCCc2ccc(NS(C)(=O)=O)cc2)c2c1NS(=O)(=O)CC2. The van der Waals surface area contributed by atoms with Crippen molar-refractivity contribution in [3.8, 4) is 11.5 Å². The summed E-state index contributed by atoms with van der Waals surface area (Å²) in [6.07, 6.45) is 2.34. The molecule has 0 amide bonds. The first-order valence-electron chi connectivity index (χ1n) is 10.8. The maximum atomic E-state index is 11.9. The molecule has 188 valence electrons. The lowest BCUT2D eigenvalue weighted by Gasteiger charge is -2.24. The van der Waals surface area contributed by atoms with Crippen molar-refractivity contribution in [3.63, 3.8) is 0 Å². The average Bonchev–Trinajstić information content (AvgIpc) is 2.76. The number of fused-ring (bicyclic) bond motifs is 1. The molecular formula is C22H31N3O7S2. The number of anilines is 2. The molecular weight excluding hydrogens is 482 g/mol. The maximum absolute atomic E-state index is 11.9. The van der Waals surface area contributed by atoms with Crippen LogP contribution in [0.1, 0.15) is 17.5 Å². The van der Waals surface area contributed by atoms with Crippen LogP contribution in [-0.4, -0.2) is 66.9 Å². The van der Waals surface area contributed by atoms with Crippen LogP contribution in [0.15, 0.2) is 36.4 Å². The molecule has 2 aromatic rings. The third-order valence-corrected chi connectivity index (χ3v) is 7.08. The largest absolute Gasteiger partial charge is 0.495 e. The van der Waals surface area contributed by atoms with Gasteiger partial charge in [0.05, 0.1) is 24.8 Å². The number of sulfonamides is 2. The van der Waals surface area contributed by atoms with E-state index in [9.17, 15) is 21.9 Å². The van der Waals surface area contributed by atoms with Crippen molar-refractivity contribution in [2.24, 2.45) is 0 Å². The number of aliphatic hydroxyl groups is 1. The average molecular weight is 514 g/mol. The molecule has 1 atom stereocenters. The molecule has 1 heterocycles. The summed E-state index contributed by atoms with van der Waals surface area (Å²) in [6.45, 7) is 1.11. The van der Waals surface area contributed by atoms with Gasteiger partial charge in [-0.2, -0.15) is 0 Å². The molecule has 1 aliphatic rings. The predicted octanol–water partition coefficient (Wildman–Crippen LogP) is 1.33. The molecule has 0 radical (unpaired) electrons. The topological polar surface area (TPSA) is 143 Å². The summed E-state index contributed by atoms with van der Waals surface area (Å²) < 4.78 is 62.3. The Morgan fingerprint density at radius 3 is 2.53 bits per heavy atom. The lowest BCUT2D eigenvalue weighted by molar-refractivity contribution is 0.106. The van der Waals surface area contributed by atoms with E-state index >= 15 is 0 Å². The van der Waals surface area contributed by atoms with Crippen molar-refractivity contribution in [3.05, 3.63) is 47.5 Å². The molecule has 12 heteroatoms. The number of methoxy groups -OCH3 is 1. The van der Waals surface area contributed by atoms with Crippen molar-refractivity contribution in [1.82, 2.24) is 5.32 Å². The van der Waals surface area contributed by atoms with Crippen LogP contribution < -0.4 is 24.2 Å². The van der Waals surface area contributed by atoms with E-state index in [-0.39, 0.29) is 12.4 Å². The van der Waals surface area contributed by atoms with Gasteiger partial charge in [-0.3, -0.25) is 9.44 Å². The summed E-state index contributed by atoms with van der Waals surface area (Å²) in [5, 5.41) is 13.5. The minimum Gasteiger partial charge on any atom is -0.495 e. The lowest BCUT2D eigenvalue weighted by Crippen LogP contribution is -2.32. The Morgan fingerprint density at radius 2 is 1.85 bits per heavy atom. The Hall–Kier alpha value is -2.54. The first-order chi connectivity index (χ1) is 16.1. The number of aryl methyl sites for hydroxylation is 1.